The normalized spacial score (nSPS) is 10.1. The number of hydrogen-bond donors (Lipinski definition) is 2. The van der Waals surface area contributed by atoms with Crippen molar-refractivity contribution in [1.29, 1.82) is 0 Å². The van der Waals surface area contributed by atoms with Crippen LogP contribution in [0.3, 0.4) is 0 Å². The predicted molar refractivity (Wildman–Crippen MR) is 75.3 cm³/mol. The third-order valence-corrected chi connectivity index (χ3v) is 2.72. The summed E-state index contributed by atoms with van der Waals surface area (Å²) in [4.78, 5) is 38.3. The van der Waals surface area contributed by atoms with Gasteiger partial charge in [-0.25, -0.2) is 4.39 Å². The molecule has 9 nitrogen and oxygen atoms in total. The van der Waals surface area contributed by atoms with Crippen molar-refractivity contribution in [3.8, 4) is 5.88 Å². The zero-order valence-electron chi connectivity index (χ0n) is 11.6. The Balaban J connectivity index is 1.92. The fourth-order valence-corrected chi connectivity index (χ4v) is 1.63. The summed E-state index contributed by atoms with van der Waals surface area (Å²) in [6, 6.07) is 5.50. The Morgan fingerprint density at radius 3 is 2.74 bits per heavy atom. The maximum atomic E-state index is 12.7. The topological polar surface area (TPSA) is 127 Å². The smallest absolute Gasteiger partial charge is 0.395 e. The quantitative estimate of drug-likeness (QED) is 0.589. The molecule has 1 amide bonds. The van der Waals surface area contributed by atoms with Gasteiger partial charge in [-0.3, -0.25) is 19.7 Å². The Hall–Kier alpha value is -3.30. The number of halogens is 1. The molecule has 0 saturated heterocycles. The number of nitrogens with zero attached hydrogens (tertiary/aromatic N) is 2. The van der Waals surface area contributed by atoms with Crippen molar-refractivity contribution in [3.05, 3.63) is 62.4 Å². The lowest BCUT2D eigenvalue weighted by Gasteiger charge is -2.07. The van der Waals surface area contributed by atoms with E-state index in [1.54, 1.807) is 0 Å². The highest BCUT2D eigenvalue weighted by Crippen LogP contribution is 2.17. The minimum absolute atomic E-state index is 0.132. The van der Waals surface area contributed by atoms with Crippen LogP contribution in [0.2, 0.25) is 0 Å². The summed E-state index contributed by atoms with van der Waals surface area (Å²) in [5.41, 5.74) is -1.19. The fourth-order valence-electron chi connectivity index (χ4n) is 1.63. The van der Waals surface area contributed by atoms with Gasteiger partial charge in [0.2, 0.25) is 0 Å². The number of ether oxygens (including phenoxy) is 1. The van der Waals surface area contributed by atoms with Crippen molar-refractivity contribution in [2.75, 3.05) is 6.61 Å². The average Bonchev–Trinajstić information content (AvgIpc) is 2.52. The SMILES string of the molecule is O=C(COc1nc[nH]c(=O)c1[N+](=O)[O-])NCc1ccc(F)cc1. The van der Waals surface area contributed by atoms with E-state index < -0.39 is 40.4 Å². The van der Waals surface area contributed by atoms with Crippen LogP contribution in [0, 0.1) is 15.9 Å². The lowest BCUT2D eigenvalue weighted by molar-refractivity contribution is -0.387. The van der Waals surface area contributed by atoms with E-state index >= 15 is 0 Å². The van der Waals surface area contributed by atoms with Crippen LogP contribution in [0.25, 0.3) is 0 Å². The second-order valence-corrected chi connectivity index (χ2v) is 4.33. The maximum absolute atomic E-state index is 12.7. The molecule has 0 unspecified atom stereocenters. The van der Waals surface area contributed by atoms with Gasteiger partial charge in [0.25, 0.3) is 5.91 Å². The first-order valence-electron chi connectivity index (χ1n) is 6.33. The third-order valence-electron chi connectivity index (χ3n) is 2.72. The molecule has 2 aromatic rings. The van der Waals surface area contributed by atoms with E-state index in [1.165, 1.54) is 24.3 Å². The number of aromatic amines is 1. The average molecular weight is 322 g/mol. The van der Waals surface area contributed by atoms with Gasteiger partial charge < -0.3 is 15.0 Å². The zero-order chi connectivity index (χ0) is 16.8. The molecule has 10 heteroatoms. The number of nitro groups is 1. The Kier molecular flexibility index (Phi) is 4.97. The molecule has 0 aliphatic carbocycles. The lowest BCUT2D eigenvalue weighted by atomic mass is 10.2. The van der Waals surface area contributed by atoms with Gasteiger partial charge >= 0.3 is 17.1 Å². The van der Waals surface area contributed by atoms with Crippen molar-refractivity contribution in [2.45, 2.75) is 6.54 Å². The van der Waals surface area contributed by atoms with Crippen LogP contribution in [-0.4, -0.2) is 27.4 Å². The Bertz CT molecular complexity index is 775. The van der Waals surface area contributed by atoms with E-state index in [1.807, 2.05) is 4.98 Å². The molecule has 120 valence electrons. The van der Waals surface area contributed by atoms with Crippen LogP contribution in [0.5, 0.6) is 5.88 Å². The summed E-state index contributed by atoms with van der Waals surface area (Å²) in [6.07, 6.45) is 0.932. The summed E-state index contributed by atoms with van der Waals surface area (Å²) in [6.45, 7) is -0.425. The second-order valence-electron chi connectivity index (χ2n) is 4.33. The molecule has 0 aliphatic heterocycles. The van der Waals surface area contributed by atoms with E-state index in [-0.39, 0.29) is 6.54 Å². The second kappa shape index (κ2) is 7.11. The summed E-state index contributed by atoms with van der Waals surface area (Å²) in [5.74, 6) is -1.52. The number of hydrogen-bond acceptors (Lipinski definition) is 6. The van der Waals surface area contributed by atoms with Crippen LogP contribution in [0.15, 0.2) is 35.4 Å². The third kappa shape index (κ3) is 4.33. The molecule has 0 saturated carbocycles. The van der Waals surface area contributed by atoms with E-state index in [2.05, 4.69) is 10.3 Å². The van der Waals surface area contributed by atoms with Crippen molar-refractivity contribution in [2.24, 2.45) is 0 Å². The number of aromatic nitrogens is 2. The molecule has 0 aliphatic rings. The van der Waals surface area contributed by atoms with Crippen molar-refractivity contribution in [3.63, 3.8) is 0 Å². The predicted octanol–water partition coefficient (Wildman–Crippen LogP) is 0.512. The summed E-state index contributed by atoms with van der Waals surface area (Å²) in [5, 5.41) is 13.2. The first-order chi connectivity index (χ1) is 11.0. The van der Waals surface area contributed by atoms with Crippen LogP contribution < -0.4 is 15.6 Å². The van der Waals surface area contributed by atoms with E-state index in [9.17, 15) is 24.1 Å². The molecule has 0 atom stereocenters. The monoisotopic (exact) mass is 322 g/mol. The van der Waals surface area contributed by atoms with Crippen molar-refractivity contribution < 1.29 is 18.8 Å². The standard InChI is InChI=1S/C13H11FN4O5/c14-9-3-1-8(2-4-9)5-15-10(19)6-23-13-11(18(21)22)12(20)16-7-17-13/h1-4,7H,5-6H2,(H,15,19)(H,16,17,20). The lowest BCUT2D eigenvalue weighted by Crippen LogP contribution is -2.29. The van der Waals surface area contributed by atoms with E-state index in [0.717, 1.165) is 6.33 Å². The number of carbonyl (C=O) groups is 1. The zero-order valence-corrected chi connectivity index (χ0v) is 11.6. The fraction of sp³-hybridized carbons (Fsp3) is 0.154. The molecule has 2 rings (SSSR count). The van der Waals surface area contributed by atoms with Gasteiger partial charge in [0.15, 0.2) is 6.61 Å². The highest BCUT2D eigenvalue weighted by Gasteiger charge is 2.22. The van der Waals surface area contributed by atoms with Gasteiger partial charge in [-0.15, -0.1) is 0 Å². The molecule has 0 radical (unpaired) electrons. The van der Waals surface area contributed by atoms with Gasteiger partial charge in [0.05, 0.1) is 11.3 Å². The number of amides is 1. The van der Waals surface area contributed by atoms with Crippen LogP contribution >= 0.6 is 0 Å². The summed E-state index contributed by atoms with van der Waals surface area (Å²) < 4.78 is 17.6. The number of nitrogens with one attached hydrogen (secondary N) is 2. The van der Waals surface area contributed by atoms with Crippen LogP contribution in [0.4, 0.5) is 10.1 Å². The van der Waals surface area contributed by atoms with Crippen LogP contribution in [-0.2, 0) is 11.3 Å². The van der Waals surface area contributed by atoms with Gasteiger partial charge in [-0.05, 0) is 17.7 Å². The van der Waals surface area contributed by atoms with Crippen molar-refractivity contribution in [1.82, 2.24) is 15.3 Å². The highest BCUT2D eigenvalue weighted by atomic mass is 19.1. The number of H-pyrrole nitrogens is 1. The number of rotatable bonds is 6. The first-order valence-corrected chi connectivity index (χ1v) is 6.33. The highest BCUT2D eigenvalue weighted by molar-refractivity contribution is 5.77. The molecule has 1 heterocycles. The van der Waals surface area contributed by atoms with Crippen molar-refractivity contribution >= 4 is 11.6 Å². The number of carbonyl (C=O) groups excluding carboxylic acids is 1. The molecule has 1 aromatic carbocycles. The molecular formula is C13H11FN4O5. The largest absolute Gasteiger partial charge is 0.463 e. The molecule has 0 bridgehead atoms. The van der Waals surface area contributed by atoms with E-state index in [4.69, 9.17) is 4.74 Å². The Morgan fingerprint density at radius 1 is 1.39 bits per heavy atom. The number of benzene rings is 1. The molecule has 23 heavy (non-hydrogen) atoms. The summed E-state index contributed by atoms with van der Waals surface area (Å²) in [7, 11) is 0. The molecule has 2 N–H and O–H groups in total. The first kappa shape index (κ1) is 16.1. The summed E-state index contributed by atoms with van der Waals surface area (Å²) >= 11 is 0. The molecule has 0 fully saturated rings. The molecule has 0 spiro atoms. The minimum atomic E-state index is -0.980. The maximum Gasteiger partial charge on any atom is 0.395 e. The molecular weight excluding hydrogens is 311 g/mol. The van der Waals surface area contributed by atoms with Gasteiger partial charge in [-0.1, -0.05) is 12.1 Å². The Morgan fingerprint density at radius 2 is 2.09 bits per heavy atom. The van der Waals surface area contributed by atoms with Crippen LogP contribution in [0.1, 0.15) is 5.56 Å². The van der Waals surface area contributed by atoms with Gasteiger partial charge in [0, 0.05) is 6.54 Å². The Labute approximate surface area is 128 Å². The van der Waals surface area contributed by atoms with Gasteiger partial charge in [-0.2, -0.15) is 4.98 Å². The van der Waals surface area contributed by atoms with E-state index in [0.29, 0.717) is 5.56 Å². The van der Waals surface area contributed by atoms with Gasteiger partial charge in [0.1, 0.15) is 5.82 Å². The molecule has 1 aromatic heterocycles. The minimum Gasteiger partial charge on any atom is -0.463 e.